The molecule has 0 fully saturated rings. The summed E-state index contributed by atoms with van der Waals surface area (Å²) in [7, 11) is 0. The topological polar surface area (TPSA) is 86.6 Å². The number of aromatic carboxylic acids is 1. The van der Waals surface area contributed by atoms with Crippen molar-refractivity contribution in [2.24, 2.45) is 0 Å². The molecule has 0 aromatic heterocycles. The zero-order chi connectivity index (χ0) is 24.9. The first-order chi connectivity index (χ1) is 16.5. The van der Waals surface area contributed by atoms with Crippen molar-refractivity contribution in [2.75, 3.05) is 5.32 Å². The maximum absolute atomic E-state index is 12.0. The zero-order valence-electron chi connectivity index (χ0n) is 21.6. The van der Waals surface area contributed by atoms with Crippen LogP contribution in [-0.4, -0.2) is 22.1 Å². The summed E-state index contributed by atoms with van der Waals surface area (Å²) in [4.78, 5) is 23.1. The Morgan fingerprint density at radius 2 is 1.09 bits per heavy atom. The van der Waals surface area contributed by atoms with Crippen molar-refractivity contribution in [3.8, 4) is 5.75 Å². The number of hydrogen-bond donors (Lipinski definition) is 3. The first-order valence-corrected chi connectivity index (χ1v) is 13.9. The Labute approximate surface area is 207 Å². The molecule has 1 amide bonds. The van der Waals surface area contributed by atoms with Crippen molar-refractivity contribution >= 4 is 17.6 Å². The van der Waals surface area contributed by atoms with E-state index in [4.69, 9.17) is 5.11 Å². The number of aromatic hydroxyl groups is 1. The van der Waals surface area contributed by atoms with Gasteiger partial charge in [-0.25, -0.2) is 4.79 Å². The molecule has 0 saturated heterocycles. The average Bonchev–Trinajstić information content (AvgIpc) is 2.81. The Morgan fingerprint density at radius 1 is 0.676 bits per heavy atom. The number of unbranched alkanes of at least 4 members (excludes halogenated alkanes) is 18. The van der Waals surface area contributed by atoms with Crippen LogP contribution in [0.25, 0.3) is 0 Å². The van der Waals surface area contributed by atoms with E-state index >= 15 is 0 Å². The summed E-state index contributed by atoms with van der Waals surface area (Å²) in [6.45, 7) is 2.27. The molecule has 194 valence electrons. The Kier molecular flexibility index (Phi) is 17.9. The van der Waals surface area contributed by atoms with E-state index in [1.807, 2.05) is 0 Å². The summed E-state index contributed by atoms with van der Waals surface area (Å²) in [6, 6.07) is 4.08. The van der Waals surface area contributed by atoms with Gasteiger partial charge in [-0.05, 0) is 24.6 Å². The second-order valence-electron chi connectivity index (χ2n) is 9.70. The van der Waals surface area contributed by atoms with Gasteiger partial charge in [0.1, 0.15) is 11.3 Å². The van der Waals surface area contributed by atoms with Gasteiger partial charge in [-0.3, -0.25) is 4.79 Å². The zero-order valence-corrected chi connectivity index (χ0v) is 21.6. The number of carboxylic acid groups (broad SMARTS) is 1. The molecule has 0 aliphatic heterocycles. The molecular formula is C29H49NO4. The number of hydrogen-bond acceptors (Lipinski definition) is 3. The number of carboxylic acids is 1. The minimum atomic E-state index is -1.22. The Hall–Kier alpha value is -2.04. The van der Waals surface area contributed by atoms with Crippen molar-refractivity contribution in [3.63, 3.8) is 0 Å². The number of carbonyl (C=O) groups excluding carboxylic acids is 1. The van der Waals surface area contributed by atoms with E-state index in [0.717, 1.165) is 19.3 Å². The molecule has 0 saturated carbocycles. The Balaban J connectivity index is 1.86. The van der Waals surface area contributed by atoms with Crippen LogP contribution in [-0.2, 0) is 4.79 Å². The van der Waals surface area contributed by atoms with E-state index < -0.39 is 5.97 Å². The number of nitrogens with one attached hydrogen (secondary N) is 1. The highest BCUT2D eigenvalue weighted by Crippen LogP contribution is 2.22. The lowest BCUT2D eigenvalue weighted by Gasteiger charge is -2.07. The minimum Gasteiger partial charge on any atom is -0.507 e. The molecule has 0 spiro atoms. The van der Waals surface area contributed by atoms with E-state index in [2.05, 4.69) is 12.2 Å². The average molecular weight is 476 g/mol. The van der Waals surface area contributed by atoms with E-state index in [1.165, 1.54) is 121 Å². The van der Waals surface area contributed by atoms with Crippen LogP contribution in [0.1, 0.15) is 146 Å². The number of phenols is 1. The van der Waals surface area contributed by atoms with Gasteiger partial charge in [0.25, 0.3) is 0 Å². The van der Waals surface area contributed by atoms with Gasteiger partial charge in [0.05, 0.1) is 0 Å². The SMILES string of the molecule is CCCCCCCCCCCCCCCCCCCCCC(=O)Nc1ccc(O)c(C(=O)O)c1. The Morgan fingerprint density at radius 3 is 1.50 bits per heavy atom. The number of rotatable bonds is 22. The Bertz CT molecular complexity index is 674. The summed E-state index contributed by atoms with van der Waals surface area (Å²) < 4.78 is 0. The van der Waals surface area contributed by atoms with E-state index in [1.54, 1.807) is 0 Å². The third-order valence-electron chi connectivity index (χ3n) is 6.52. The van der Waals surface area contributed by atoms with Gasteiger partial charge >= 0.3 is 5.97 Å². The summed E-state index contributed by atoms with van der Waals surface area (Å²) >= 11 is 0. The van der Waals surface area contributed by atoms with Crippen molar-refractivity contribution in [3.05, 3.63) is 23.8 Å². The van der Waals surface area contributed by atoms with Gasteiger partial charge < -0.3 is 15.5 Å². The van der Waals surface area contributed by atoms with Crippen LogP contribution >= 0.6 is 0 Å². The number of amides is 1. The van der Waals surface area contributed by atoms with Gasteiger partial charge in [-0.2, -0.15) is 0 Å². The molecule has 5 nitrogen and oxygen atoms in total. The van der Waals surface area contributed by atoms with Crippen molar-refractivity contribution in [2.45, 2.75) is 135 Å². The highest BCUT2D eigenvalue weighted by molar-refractivity contribution is 5.95. The first kappa shape index (κ1) is 30.0. The molecule has 0 radical (unpaired) electrons. The molecule has 1 rings (SSSR count). The van der Waals surface area contributed by atoms with Crippen LogP contribution in [0.4, 0.5) is 5.69 Å². The van der Waals surface area contributed by atoms with Crippen LogP contribution in [0, 0.1) is 0 Å². The molecule has 3 N–H and O–H groups in total. The molecule has 1 aromatic rings. The van der Waals surface area contributed by atoms with Gasteiger partial charge in [0.15, 0.2) is 0 Å². The van der Waals surface area contributed by atoms with Crippen molar-refractivity contribution in [1.29, 1.82) is 0 Å². The van der Waals surface area contributed by atoms with Crippen LogP contribution in [0.3, 0.4) is 0 Å². The monoisotopic (exact) mass is 475 g/mol. The fourth-order valence-corrected chi connectivity index (χ4v) is 4.37. The third-order valence-corrected chi connectivity index (χ3v) is 6.52. The molecule has 0 atom stereocenters. The molecule has 34 heavy (non-hydrogen) atoms. The number of carbonyl (C=O) groups is 2. The van der Waals surface area contributed by atoms with Gasteiger partial charge in [-0.1, -0.05) is 122 Å². The van der Waals surface area contributed by atoms with Crippen LogP contribution in [0.15, 0.2) is 18.2 Å². The molecule has 5 heteroatoms. The largest absolute Gasteiger partial charge is 0.507 e. The predicted octanol–water partition coefficient (Wildman–Crippen LogP) is 8.85. The van der Waals surface area contributed by atoms with E-state index in [0.29, 0.717) is 12.1 Å². The smallest absolute Gasteiger partial charge is 0.339 e. The normalized spacial score (nSPS) is 11.0. The molecule has 0 bridgehead atoms. The quantitative estimate of drug-likeness (QED) is 0.115. The number of anilines is 1. The lowest BCUT2D eigenvalue weighted by molar-refractivity contribution is -0.116. The lowest BCUT2D eigenvalue weighted by atomic mass is 10.0. The summed E-state index contributed by atoms with van der Waals surface area (Å²) in [6.07, 6.45) is 25.6. The molecule has 0 heterocycles. The van der Waals surface area contributed by atoms with Crippen molar-refractivity contribution in [1.82, 2.24) is 0 Å². The maximum Gasteiger partial charge on any atom is 0.339 e. The minimum absolute atomic E-state index is 0.117. The molecule has 0 aliphatic rings. The molecule has 1 aromatic carbocycles. The van der Waals surface area contributed by atoms with Gasteiger partial charge in [-0.15, -0.1) is 0 Å². The highest BCUT2D eigenvalue weighted by Gasteiger charge is 2.11. The van der Waals surface area contributed by atoms with Crippen molar-refractivity contribution < 1.29 is 19.8 Å². The summed E-state index contributed by atoms with van der Waals surface area (Å²) in [5.74, 6) is -1.63. The fraction of sp³-hybridized carbons (Fsp3) is 0.724. The highest BCUT2D eigenvalue weighted by atomic mass is 16.4. The maximum atomic E-state index is 12.0. The van der Waals surface area contributed by atoms with Crippen LogP contribution < -0.4 is 5.32 Å². The predicted molar refractivity (Wildman–Crippen MR) is 142 cm³/mol. The number of benzene rings is 1. The molecule has 0 unspecified atom stereocenters. The van der Waals surface area contributed by atoms with E-state index in [-0.39, 0.29) is 17.2 Å². The van der Waals surface area contributed by atoms with Gasteiger partial charge in [0, 0.05) is 12.1 Å². The summed E-state index contributed by atoms with van der Waals surface area (Å²) in [5.41, 5.74) is 0.194. The third kappa shape index (κ3) is 15.7. The standard InChI is InChI=1S/C29H49NO4/c1-2-3-4-5-6-7-8-9-10-11-12-13-14-15-16-17-18-19-20-21-28(32)30-25-22-23-27(31)26(24-25)29(33)34/h22-24,31H,2-21H2,1H3,(H,30,32)(H,33,34). The summed E-state index contributed by atoms with van der Waals surface area (Å²) in [5, 5.41) is 21.3. The molecule has 0 aliphatic carbocycles. The van der Waals surface area contributed by atoms with Crippen LogP contribution in [0.2, 0.25) is 0 Å². The first-order valence-electron chi connectivity index (χ1n) is 13.9. The fourth-order valence-electron chi connectivity index (χ4n) is 4.37. The molecular weight excluding hydrogens is 426 g/mol. The van der Waals surface area contributed by atoms with E-state index in [9.17, 15) is 14.7 Å². The lowest BCUT2D eigenvalue weighted by Crippen LogP contribution is -2.11. The second kappa shape index (κ2) is 20.3. The second-order valence-corrected chi connectivity index (χ2v) is 9.70. The van der Waals surface area contributed by atoms with Gasteiger partial charge in [0.2, 0.25) is 5.91 Å². The van der Waals surface area contributed by atoms with Crippen LogP contribution in [0.5, 0.6) is 5.75 Å².